The maximum Gasteiger partial charge on any atom is 0.136 e. The zero-order valence-corrected chi connectivity index (χ0v) is 14.9. The fourth-order valence-corrected chi connectivity index (χ4v) is 2.82. The van der Waals surface area contributed by atoms with Crippen LogP contribution in [0.2, 0.25) is 0 Å². The Morgan fingerprint density at radius 1 is 1.29 bits per heavy atom. The highest BCUT2D eigenvalue weighted by atomic mass is 79.9. The van der Waals surface area contributed by atoms with Gasteiger partial charge in [-0.05, 0) is 38.5 Å². The van der Waals surface area contributed by atoms with Crippen LogP contribution in [0, 0.1) is 0 Å². The first-order valence-electron chi connectivity index (χ1n) is 6.57. The van der Waals surface area contributed by atoms with E-state index in [2.05, 4.69) is 31.0 Å². The minimum Gasteiger partial charge on any atom is -0.598 e. The number of aromatic nitrogens is 3. The third kappa shape index (κ3) is 4.29. The van der Waals surface area contributed by atoms with Gasteiger partial charge in [0.15, 0.2) is 0 Å². The first-order valence-corrected chi connectivity index (χ1v) is 8.51. The third-order valence-electron chi connectivity index (χ3n) is 2.90. The van der Waals surface area contributed by atoms with Gasteiger partial charge < -0.3 is 4.55 Å². The molecule has 2 aromatic rings. The number of hydrogen-bond donors (Lipinski definition) is 1. The van der Waals surface area contributed by atoms with Crippen molar-refractivity contribution in [3.63, 3.8) is 0 Å². The monoisotopic (exact) mass is 370 g/mol. The van der Waals surface area contributed by atoms with Crippen LogP contribution in [-0.2, 0) is 18.4 Å². The lowest BCUT2D eigenvalue weighted by Crippen LogP contribution is -2.41. The Bertz CT molecular complexity index is 594. The van der Waals surface area contributed by atoms with Gasteiger partial charge in [-0.1, -0.05) is 33.3 Å². The van der Waals surface area contributed by atoms with Crippen molar-refractivity contribution in [2.75, 3.05) is 0 Å². The Labute approximate surface area is 136 Å². The molecule has 0 aliphatic carbocycles. The fraction of sp³-hybridized carbons (Fsp3) is 0.429. The first kappa shape index (κ1) is 16.5. The molecule has 0 saturated carbocycles. The summed E-state index contributed by atoms with van der Waals surface area (Å²) in [5.41, 5.74) is 1.74. The molecule has 0 aliphatic heterocycles. The van der Waals surface area contributed by atoms with E-state index in [0.29, 0.717) is 0 Å². The normalized spacial score (nSPS) is 15.0. The summed E-state index contributed by atoms with van der Waals surface area (Å²) in [6.07, 6.45) is 1.83. The van der Waals surface area contributed by atoms with Crippen molar-refractivity contribution in [1.29, 1.82) is 0 Å². The zero-order valence-electron chi connectivity index (χ0n) is 12.5. The summed E-state index contributed by atoms with van der Waals surface area (Å²) in [4.78, 5) is 0. The smallest absolute Gasteiger partial charge is 0.136 e. The Kier molecular flexibility index (Phi) is 5.08. The van der Waals surface area contributed by atoms with Crippen molar-refractivity contribution in [1.82, 2.24) is 19.7 Å². The molecule has 2 atom stereocenters. The highest BCUT2D eigenvalue weighted by Gasteiger charge is 2.31. The molecule has 1 N–H and O–H groups in total. The minimum absolute atomic E-state index is 0.258. The average molecular weight is 371 g/mol. The molecule has 1 heterocycles. The van der Waals surface area contributed by atoms with Crippen LogP contribution >= 0.6 is 15.9 Å². The Morgan fingerprint density at radius 2 is 1.90 bits per heavy atom. The summed E-state index contributed by atoms with van der Waals surface area (Å²) < 4.78 is 17.9. The predicted molar refractivity (Wildman–Crippen MR) is 88.0 cm³/mol. The highest BCUT2D eigenvalue weighted by Crippen LogP contribution is 2.25. The third-order valence-corrected chi connectivity index (χ3v) is 4.99. The predicted octanol–water partition coefficient (Wildman–Crippen LogP) is 2.72. The molecule has 7 heteroatoms. The molecule has 5 nitrogen and oxygen atoms in total. The van der Waals surface area contributed by atoms with Crippen molar-refractivity contribution in [2.24, 2.45) is 7.05 Å². The summed E-state index contributed by atoms with van der Waals surface area (Å²) in [6, 6.07) is 7.62. The number of nitrogens with zero attached hydrogens (tertiary/aromatic N) is 3. The summed E-state index contributed by atoms with van der Waals surface area (Å²) in [6.45, 7) is 5.81. The molecule has 2 unspecified atom stereocenters. The second-order valence-electron chi connectivity index (χ2n) is 5.80. The van der Waals surface area contributed by atoms with Gasteiger partial charge in [-0.25, -0.2) is 0 Å². The topological polar surface area (TPSA) is 65.8 Å². The molecule has 0 saturated heterocycles. The number of aryl methyl sites for hydroxylation is 1. The van der Waals surface area contributed by atoms with E-state index in [-0.39, 0.29) is 10.8 Å². The van der Waals surface area contributed by atoms with Crippen LogP contribution in [0.1, 0.15) is 38.1 Å². The molecule has 1 aromatic carbocycles. The molecular formula is C14H19BrN4OS. The number of nitrogens with one attached hydrogen (secondary N) is 1. The van der Waals surface area contributed by atoms with Crippen LogP contribution in [0.15, 0.2) is 34.9 Å². The lowest BCUT2D eigenvalue weighted by Gasteiger charge is -2.27. The van der Waals surface area contributed by atoms with Gasteiger partial charge in [0.2, 0.25) is 0 Å². The van der Waals surface area contributed by atoms with Gasteiger partial charge in [0, 0.05) is 22.9 Å². The van der Waals surface area contributed by atoms with Gasteiger partial charge in [0.1, 0.15) is 16.5 Å². The zero-order chi connectivity index (χ0) is 15.6. The molecule has 0 radical (unpaired) electrons. The lowest BCUT2D eigenvalue weighted by molar-refractivity contribution is 0.534. The molecule has 0 fully saturated rings. The van der Waals surface area contributed by atoms with Crippen molar-refractivity contribution in [2.45, 2.75) is 31.6 Å². The van der Waals surface area contributed by atoms with Crippen LogP contribution in [0.5, 0.6) is 0 Å². The molecule has 21 heavy (non-hydrogen) atoms. The van der Waals surface area contributed by atoms with E-state index < -0.39 is 11.4 Å². The summed E-state index contributed by atoms with van der Waals surface area (Å²) in [7, 11) is 1.82. The van der Waals surface area contributed by atoms with Crippen LogP contribution in [-0.4, -0.2) is 24.3 Å². The van der Waals surface area contributed by atoms with E-state index in [1.165, 1.54) is 0 Å². The van der Waals surface area contributed by atoms with E-state index in [0.717, 1.165) is 15.7 Å². The summed E-state index contributed by atoms with van der Waals surface area (Å²) in [5.74, 6) is 0. The Morgan fingerprint density at radius 3 is 2.38 bits per heavy atom. The van der Waals surface area contributed by atoms with Crippen molar-refractivity contribution in [3.8, 4) is 0 Å². The van der Waals surface area contributed by atoms with Crippen LogP contribution in [0.25, 0.3) is 0 Å². The van der Waals surface area contributed by atoms with E-state index in [4.69, 9.17) is 0 Å². The van der Waals surface area contributed by atoms with Crippen molar-refractivity contribution < 1.29 is 4.55 Å². The van der Waals surface area contributed by atoms with Gasteiger partial charge in [0.25, 0.3) is 0 Å². The standard InChI is InChI=1S/C14H19BrN4OS/c1-14(2,3)21(20)17-13(12-9-19(4)18-16-12)10-5-7-11(15)8-6-10/h5-9,13,17H,1-4H3. The van der Waals surface area contributed by atoms with Gasteiger partial charge in [0.05, 0.1) is 6.20 Å². The van der Waals surface area contributed by atoms with Crippen molar-refractivity contribution >= 4 is 27.3 Å². The SMILES string of the molecule is Cn1cc(C(N[S+]([O-])C(C)(C)C)c2ccc(Br)cc2)nn1. The second-order valence-corrected chi connectivity index (χ2v) is 8.71. The van der Waals surface area contributed by atoms with E-state index in [1.54, 1.807) is 4.68 Å². The van der Waals surface area contributed by atoms with Gasteiger partial charge in [-0.3, -0.25) is 4.68 Å². The molecular weight excluding hydrogens is 352 g/mol. The number of hydrogen-bond acceptors (Lipinski definition) is 4. The van der Waals surface area contributed by atoms with E-state index in [1.807, 2.05) is 58.3 Å². The van der Waals surface area contributed by atoms with E-state index >= 15 is 0 Å². The van der Waals surface area contributed by atoms with Gasteiger partial charge >= 0.3 is 0 Å². The summed E-state index contributed by atoms with van der Waals surface area (Å²) >= 11 is 2.22. The van der Waals surface area contributed by atoms with Crippen LogP contribution in [0.3, 0.4) is 0 Å². The molecule has 0 bridgehead atoms. The Balaban J connectivity index is 2.33. The average Bonchev–Trinajstić information content (AvgIpc) is 2.82. The highest BCUT2D eigenvalue weighted by molar-refractivity contribution is 9.10. The maximum atomic E-state index is 12.4. The molecule has 114 valence electrons. The van der Waals surface area contributed by atoms with Gasteiger partial charge in [-0.15, -0.1) is 9.82 Å². The number of rotatable bonds is 4. The molecule has 0 spiro atoms. The second kappa shape index (κ2) is 6.48. The Hall–Kier alpha value is -0.890. The number of halogens is 1. The minimum atomic E-state index is -1.20. The molecule has 1 aromatic heterocycles. The quantitative estimate of drug-likeness (QED) is 0.840. The molecule has 0 amide bonds. The van der Waals surface area contributed by atoms with Gasteiger partial charge in [-0.2, -0.15) is 0 Å². The molecule has 2 rings (SSSR count). The van der Waals surface area contributed by atoms with Crippen LogP contribution in [0.4, 0.5) is 0 Å². The first-order chi connectivity index (χ1) is 9.77. The maximum absolute atomic E-state index is 12.4. The fourth-order valence-electron chi connectivity index (χ4n) is 1.74. The number of benzene rings is 1. The lowest BCUT2D eigenvalue weighted by atomic mass is 10.1. The summed E-state index contributed by atoms with van der Waals surface area (Å²) in [5, 5.41) is 8.12. The largest absolute Gasteiger partial charge is 0.598 e. The van der Waals surface area contributed by atoms with E-state index in [9.17, 15) is 4.55 Å². The van der Waals surface area contributed by atoms with Crippen LogP contribution < -0.4 is 4.72 Å². The molecule has 0 aliphatic rings. The van der Waals surface area contributed by atoms with Crippen molar-refractivity contribution in [3.05, 3.63) is 46.2 Å².